The first kappa shape index (κ1) is 15.5. The third-order valence-electron chi connectivity index (χ3n) is 3.85. The molecule has 0 bridgehead atoms. The molecule has 0 spiro atoms. The largest absolute Gasteiger partial charge is 0.481 e. The summed E-state index contributed by atoms with van der Waals surface area (Å²) in [7, 11) is 0. The smallest absolute Gasteiger partial charge is 0.305 e. The standard InChI is InChI=1S/C16H21NO4/c1-11-3-5-13(6-4-11)17(9-7-15(18)19)16(20)14-8-10-21-12(14)2/h3-6,12,14H,7-10H2,1-2H3,(H,18,19). The van der Waals surface area contributed by atoms with Crippen molar-refractivity contribution in [3.63, 3.8) is 0 Å². The average Bonchev–Trinajstić information content (AvgIpc) is 2.86. The van der Waals surface area contributed by atoms with Crippen LogP contribution in [-0.2, 0) is 14.3 Å². The Morgan fingerprint density at radius 2 is 2.00 bits per heavy atom. The molecule has 2 rings (SSSR count). The van der Waals surface area contributed by atoms with E-state index >= 15 is 0 Å². The Kier molecular flexibility index (Phi) is 4.96. The second-order valence-electron chi connectivity index (χ2n) is 5.44. The van der Waals surface area contributed by atoms with Crippen LogP contribution in [0.25, 0.3) is 0 Å². The first-order valence-electron chi connectivity index (χ1n) is 7.20. The maximum atomic E-state index is 12.7. The summed E-state index contributed by atoms with van der Waals surface area (Å²) >= 11 is 0. The van der Waals surface area contributed by atoms with E-state index in [1.807, 2.05) is 38.1 Å². The van der Waals surface area contributed by atoms with Crippen LogP contribution in [0.15, 0.2) is 24.3 Å². The fourth-order valence-corrected chi connectivity index (χ4v) is 2.55. The van der Waals surface area contributed by atoms with Crippen LogP contribution in [0, 0.1) is 12.8 Å². The summed E-state index contributed by atoms with van der Waals surface area (Å²) in [6.07, 6.45) is 0.507. The fraction of sp³-hybridized carbons (Fsp3) is 0.500. The van der Waals surface area contributed by atoms with E-state index in [4.69, 9.17) is 9.84 Å². The number of carboxylic acids is 1. The lowest BCUT2D eigenvalue weighted by molar-refractivity contribution is -0.136. The first-order valence-corrected chi connectivity index (χ1v) is 7.20. The van der Waals surface area contributed by atoms with Gasteiger partial charge in [0.15, 0.2) is 0 Å². The van der Waals surface area contributed by atoms with Crippen LogP contribution in [0.5, 0.6) is 0 Å². The predicted molar refractivity (Wildman–Crippen MR) is 79.3 cm³/mol. The van der Waals surface area contributed by atoms with Gasteiger partial charge in [-0.25, -0.2) is 0 Å². The lowest BCUT2D eigenvalue weighted by Gasteiger charge is -2.26. The van der Waals surface area contributed by atoms with Gasteiger partial charge >= 0.3 is 5.97 Å². The topological polar surface area (TPSA) is 66.8 Å². The van der Waals surface area contributed by atoms with Crippen LogP contribution in [0.4, 0.5) is 5.69 Å². The molecule has 21 heavy (non-hydrogen) atoms. The van der Waals surface area contributed by atoms with Gasteiger partial charge in [0, 0.05) is 18.8 Å². The molecule has 1 heterocycles. The predicted octanol–water partition coefficient (Wildman–Crippen LogP) is 2.23. The zero-order valence-electron chi connectivity index (χ0n) is 12.4. The molecule has 1 aliphatic rings. The van der Waals surface area contributed by atoms with E-state index in [-0.39, 0.29) is 30.9 Å². The number of hydrogen-bond donors (Lipinski definition) is 1. The van der Waals surface area contributed by atoms with Crippen LogP contribution in [0.1, 0.15) is 25.3 Å². The molecule has 0 aromatic heterocycles. The Labute approximate surface area is 124 Å². The number of carboxylic acid groups (broad SMARTS) is 1. The van der Waals surface area contributed by atoms with Crippen molar-refractivity contribution < 1.29 is 19.4 Å². The Morgan fingerprint density at radius 3 is 2.52 bits per heavy atom. The van der Waals surface area contributed by atoms with E-state index in [0.717, 1.165) is 11.3 Å². The molecule has 1 amide bonds. The highest BCUT2D eigenvalue weighted by molar-refractivity contribution is 5.96. The number of nitrogens with zero attached hydrogens (tertiary/aromatic N) is 1. The molecular formula is C16H21NO4. The quantitative estimate of drug-likeness (QED) is 0.903. The molecule has 0 radical (unpaired) electrons. The monoisotopic (exact) mass is 291 g/mol. The molecule has 1 aromatic rings. The molecule has 114 valence electrons. The Morgan fingerprint density at radius 1 is 1.33 bits per heavy atom. The number of aliphatic carboxylic acids is 1. The number of carbonyl (C=O) groups excluding carboxylic acids is 1. The second kappa shape index (κ2) is 6.72. The lowest BCUT2D eigenvalue weighted by atomic mass is 10.0. The number of rotatable bonds is 5. The van der Waals surface area contributed by atoms with Crippen LogP contribution in [0.2, 0.25) is 0 Å². The molecule has 5 heteroatoms. The molecule has 5 nitrogen and oxygen atoms in total. The van der Waals surface area contributed by atoms with E-state index in [1.165, 1.54) is 0 Å². The third-order valence-corrected chi connectivity index (χ3v) is 3.85. The molecule has 1 aliphatic heterocycles. The van der Waals surface area contributed by atoms with Crippen molar-refractivity contribution in [1.82, 2.24) is 0 Å². The number of carbonyl (C=O) groups is 2. The maximum absolute atomic E-state index is 12.7. The number of hydrogen-bond acceptors (Lipinski definition) is 3. The van der Waals surface area contributed by atoms with Gasteiger partial charge in [-0.15, -0.1) is 0 Å². The first-order chi connectivity index (χ1) is 9.99. The maximum Gasteiger partial charge on any atom is 0.305 e. The van der Waals surface area contributed by atoms with Gasteiger partial charge in [0.1, 0.15) is 0 Å². The SMILES string of the molecule is Cc1ccc(N(CCC(=O)O)C(=O)C2CCOC2C)cc1. The Bertz CT molecular complexity index is 512. The van der Waals surface area contributed by atoms with Gasteiger partial charge in [-0.05, 0) is 32.4 Å². The number of ether oxygens (including phenoxy) is 1. The van der Waals surface area contributed by atoms with Crippen LogP contribution >= 0.6 is 0 Å². The molecule has 2 atom stereocenters. The normalized spacial score (nSPS) is 21.2. The molecule has 1 saturated heterocycles. The number of aryl methyl sites for hydroxylation is 1. The Balaban J connectivity index is 2.20. The minimum atomic E-state index is -0.907. The summed E-state index contributed by atoms with van der Waals surface area (Å²) in [5.74, 6) is -1.15. The van der Waals surface area contributed by atoms with Crippen molar-refractivity contribution >= 4 is 17.6 Å². The van der Waals surface area contributed by atoms with Crippen LogP contribution in [0.3, 0.4) is 0 Å². The van der Waals surface area contributed by atoms with E-state index in [1.54, 1.807) is 4.90 Å². The van der Waals surface area contributed by atoms with Crippen molar-refractivity contribution in [1.29, 1.82) is 0 Å². The second-order valence-corrected chi connectivity index (χ2v) is 5.44. The zero-order valence-corrected chi connectivity index (χ0v) is 12.4. The number of benzene rings is 1. The van der Waals surface area contributed by atoms with Gasteiger partial charge in [0.2, 0.25) is 5.91 Å². The summed E-state index contributed by atoms with van der Waals surface area (Å²) in [6, 6.07) is 7.56. The van der Waals surface area contributed by atoms with Crippen molar-refractivity contribution in [2.24, 2.45) is 5.92 Å². The van der Waals surface area contributed by atoms with Gasteiger partial charge in [0.05, 0.1) is 18.4 Å². The molecule has 1 fully saturated rings. The summed E-state index contributed by atoms with van der Waals surface area (Å²) in [6.45, 7) is 4.62. The number of anilines is 1. The summed E-state index contributed by atoms with van der Waals surface area (Å²) in [5.41, 5.74) is 1.84. The van der Waals surface area contributed by atoms with E-state index in [9.17, 15) is 9.59 Å². The third kappa shape index (κ3) is 3.82. The van der Waals surface area contributed by atoms with Crippen molar-refractivity contribution in [2.45, 2.75) is 32.8 Å². The van der Waals surface area contributed by atoms with Crippen LogP contribution < -0.4 is 4.90 Å². The van der Waals surface area contributed by atoms with E-state index in [2.05, 4.69) is 0 Å². The summed E-state index contributed by atoms with van der Waals surface area (Å²) in [5, 5.41) is 8.89. The van der Waals surface area contributed by atoms with Crippen molar-refractivity contribution in [3.8, 4) is 0 Å². The van der Waals surface area contributed by atoms with Crippen molar-refractivity contribution in [3.05, 3.63) is 29.8 Å². The molecule has 1 aromatic carbocycles. The van der Waals surface area contributed by atoms with Gasteiger partial charge in [-0.2, -0.15) is 0 Å². The highest BCUT2D eigenvalue weighted by Gasteiger charge is 2.34. The van der Waals surface area contributed by atoms with E-state index < -0.39 is 5.97 Å². The van der Waals surface area contributed by atoms with Gasteiger partial charge in [0.25, 0.3) is 0 Å². The highest BCUT2D eigenvalue weighted by Crippen LogP contribution is 2.26. The van der Waals surface area contributed by atoms with E-state index in [0.29, 0.717) is 13.0 Å². The van der Waals surface area contributed by atoms with Gasteiger partial charge in [-0.1, -0.05) is 17.7 Å². The van der Waals surface area contributed by atoms with Gasteiger partial charge < -0.3 is 14.7 Å². The minimum Gasteiger partial charge on any atom is -0.481 e. The average molecular weight is 291 g/mol. The van der Waals surface area contributed by atoms with Crippen molar-refractivity contribution in [2.75, 3.05) is 18.1 Å². The lowest BCUT2D eigenvalue weighted by Crippen LogP contribution is -2.40. The zero-order chi connectivity index (χ0) is 15.4. The molecular weight excluding hydrogens is 270 g/mol. The molecule has 0 aliphatic carbocycles. The van der Waals surface area contributed by atoms with Gasteiger partial charge in [-0.3, -0.25) is 9.59 Å². The highest BCUT2D eigenvalue weighted by atomic mass is 16.5. The Hall–Kier alpha value is -1.88. The molecule has 1 N–H and O–H groups in total. The molecule has 2 unspecified atom stereocenters. The fourth-order valence-electron chi connectivity index (χ4n) is 2.55. The summed E-state index contributed by atoms with van der Waals surface area (Å²) in [4.78, 5) is 25.1. The van der Waals surface area contributed by atoms with Crippen LogP contribution in [-0.4, -0.2) is 36.2 Å². The summed E-state index contributed by atoms with van der Waals surface area (Å²) < 4.78 is 5.45. The minimum absolute atomic E-state index is 0.0508. The number of amides is 1. The molecule has 0 saturated carbocycles.